The fraction of sp³-hybridized carbons (Fsp3) is 0.561. The normalized spacial score (nSPS) is 26.2. The van der Waals surface area contributed by atoms with Crippen molar-refractivity contribution in [1.29, 1.82) is 0 Å². The molecule has 11 heterocycles. The molecule has 7 atom stereocenters. The third-order valence-corrected chi connectivity index (χ3v) is 24.3. The van der Waals surface area contributed by atoms with E-state index in [1.807, 2.05) is 68.2 Å². The van der Waals surface area contributed by atoms with Gasteiger partial charge in [0.2, 0.25) is 0 Å². The lowest BCUT2D eigenvalue weighted by Crippen LogP contribution is -2.41. The Hall–Kier alpha value is -6.00. The van der Waals surface area contributed by atoms with Crippen LogP contribution in [0.25, 0.3) is 22.1 Å². The van der Waals surface area contributed by atoms with Gasteiger partial charge in [-0.05, 0) is 169 Å². The molecular formula is C82H94Cl4F8N4O12. The Morgan fingerprint density at radius 2 is 0.645 bits per heavy atom. The summed E-state index contributed by atoms with van der Waals surface area (Å²) in [6.45, 7) is 3.78. The minimum Gasteiger partial charge on any atom is -0.396 e. The monoisotopic (exact) mass is 1620 g/mol. The summed E-state index contributed by atoms with van der Waals surface area (Å²) >= 11 is 25.4. The second kappa shape index (κ2) is 34.2. The van der Waals surface area contributed by atoms with E-state index >= 15 is 0 Å². The lowest BCUT2D eigenvalue weighted by molar-refractivity contribution is -0.127. The molecule has 4 saturated carbocycles. The van der Waals surface area contributed by atoms with Crippen molar-refractivity contribution >= 4 is 91.6 Å². The zero-order chi connectivity index (χ0) is 78.8. The van der Waals surface area contributed by atoms with Gasteiger partial charge in [-0.15, -0.1) is 0 Å². The van der Waals surface area contributed by atoms with Crippen LogP contribution in [0.15, 0.2) is 97.6 Å². The first-order chi connectivity index (χ1) is 52.1. The van der Waals surface area contributed by atoms with E-state index in [1.165, 1.54) is 0 Å². The smallest absolute Gasteiger partial charge is 0.250 e. The third kappa shape index (κ3) is 19.7. The average Bonchev–Trinajstić information content (AvgIpc) is 1.56. The number of ether oxygens (including phenoxy) is 3. The van der Waals surface area contributed by atoms with Gasteiger partial charge in [-0.25, -0.2) is 35.1 Å². The highest BCUT2D eigenvalue weighted by Crippen LogP contribution is 2.47. The van der Waals surface area contributed by atoms with E-state index in [2.05, 4.69) is 0 Å². The molecule has 8 aromatic heterocycles. The zero-order valence-electron chi connectivity index (χ0n) is 61.1. The number of aliphatic hydroxyl groups is 5. The number of carbonyl (C=O) groups excluding carboxylic acids is 4. The molecule has 3 aliphatic heterocycles. The maximum atomic E-state index is 13.7. The van der Waals surface area contributed by atoms with Crippen molar-refractivity contribution < 1.29 is 94.0 Å². The Labute approximate surface area is 652 Å². The van der Waals surface area contributed by atoms with Crippen molar-refractivity contribution in [2.24, 2.45) is 0 Å². The van der Waals surface area contributed by atoms with Gasteiger partial charge in [0.05, 0.1) is 84.4 Å². The molecule has 15 rings (SSSR count). The van der Waals surface area contributed by atoms with E-state index in [0.29, 0.717) is 130 Å². The van der Waals surface area contributed by atoms with Crippen molar-refractivity contribution in [3.05, 3.63) is 163 Å². The molecule has 3 saturated heterocycles. The van der Waals surface area contributed by atoms with Crippen LogP contribution in [0.4, 0.5) is 35.1 Å². The molecule has 5 N–H and O–H groups in total. The maximum absolute atomic E-state index is 13.7. The van der Waals surface area contributed by atoms with Crippen LogP contribution in [0, 0.1) is 0 Å². The molecule has 16 nitrogen and oxygen atoms in total. The van der Waals surface area contributed by atoms with Crippen LogP contribution in [0.2, 0.25) is 20.1 Å². The number of fused-ring (bicyclic) bond motifs is 4. The number of pyridine rings is 4. The lowest BCUT2D eigenvalue weighted by atomic mass is 9.79. The average molecular weight is 1620 g/mol. The third-order valence-electron chi connectivity index (χ3n) is 23.1. The molecule has 0 spiro atoms. The summed E-state index contributed by atoms with van der Waals surface area (Å²) in [7, 11) is 0. The second-order valence-electron chi connectivity index (χ2n) is 31.6. The fourth-order valence-corrected chi connectivity index (χ4v) is 18.6. The highest BCUT2D eigenvalue weighted by molar-refractivity contribution is 6.36. The first kappa shape index (κ1) is 83.4. The minimum atomic E-state index is -2.88. The van der Waals surface area contributed by atoms with Gasteiger partial charge in [0.25, 0.3) is 23.7 Å². The van der Waals surface area contributed by atoms with Gasteiger partial charge < -0.3 is 57.3 Å². The molecule has 110 heavy (non-hydrogen) atoms. The summed E-state index contributed by atoms with van der Waals surface area (Å²) in [6, 6.07) is 21.3. The molecule has 4 aliphatic carbocycles. The Morgan fingerprint density at radius 1 is 0.391 bits per heavy atom. The predicted molar refractivity (Wildman–Crippen MR) is 403 cm³/mol. The van der Waals surface area contributed by atoms with E-state index < -0.39 is 71.8 Å². The van der Waals surface area contributed by atoms with Crippen LogP contribution in [-0.4, -0.2) is 159 Å². The molecule has 7 fully saturated rings. The summed E-state index contributed by atoms with van der Waals surface area (Å²) in [5.74, 6) is -11.7. The topological polar surface area (TPSA) is 215 Å². The summed E-state index contributed by atoms with van der Waals surface area (Å²) in [5, 5.41) is 53.2. The number of carbonyl (C=O) groups is 4. The Morgan fingerprint density at radius 3 is 0.891 bits per heavy atom. The number of rotatable bonds is 21. The molecule has 5 unspecified atom stereocenters. The Kier molecular flexibility index (Phi) is 25.9. The number of halogens is 12. The number of aliphatic hydroxyl groups excluding tert-OH is 1. The van der Waals surface area contributed by atoms with Gasteiger partial charge in [-0.3, -0.25) is 19.2 Å². The van der Waals surface area contributed by atoms with E-state index in [-0.39, 0.29) is 157 Å². The highest BCUT2D eigenvalue weighted by Gasteiger charge is 2.49. The molecular weight excluding hydrogens is 1530 g/mol. The van der Waals surface area contributed by atoms with Gasteiger partial charge in [0, 0.05) is 197 Å². The zero-order valence-corrected chi connectivity index (χ0v) is 64.2. The van der Waals surface area contributed by atoms with Gasteiger partial charge in [0.15, 0.2) is 23.1 Å². The quantitative estimate of drug-likeness (QED) is 0.0336. The van der Waals surface area contributed by atoms with Crippen molar-refractivity contribution in [3.63, 3.8) is 0 Å². The Balaban J connectivity index is 0.000000137. The summed E-state index contributed by atoms with van der Waals surface area (Å²) in [4.78, 5) is 51.7. The molecule has 28 heteroatoms. The predicted octanol–water partition coefficient (Wildman–Crippen LogP) is 19.0. The number of hydrogen-bond acceptors (Lipinski definition) is 12. The lowest BCUT2D eigenvalue weighted by Gasteiger charge is -2.36. The van der Waals surface area contributed by atoms with Crippen molar-refractivity contribution in [2.75, 3.05) is 46.2 Å². The SMILES string of the molecule is O=C(CCC1(O)CCCC(F)(F)C1)c1cc(C2CCOC2)n2cccc(Cl)c12.O=C(CCC1(O)CCCC(F)(F)C1)c1cc(CCO)n2cccc(Cl)c12.O=C(CC[C@@]1(O)CCCC(F)(F)C1)c1cc(C2CCOC2)n2cccc(Cl)c12.O=C(CC[C@]1(O)CCCC(F)(F)C1)c1cc(C2CCOC2)n2cccc(Cl)c12. The molecule has 0 aromatic carbocycles. The second-order valence-corrected chi connectivity index (χ2v) is 33.2. The summed E-state index contributed by atoms with van der Waals surface area (Å²) in [5.41, 5.74) is 2.00. The number of aromatic nitrogens is 4. The van der Waals surface area contributed by atoms with Crippen LogP contribution in [0.5, 0.6) is 0 Å². The maximum Gasteiger partial charge on any atom is 0.250 e. The van der Waals surface area contributed by atoms with Crippen LogP contribution < -0.4 is 0 Å². The van der Waals surface area contributed by atoms with Gasteiger partial charge in [-0.2, -0.15) is 0 Å². The standard InChI is InChI=1S/3C21H24ClF2NO3.C19H22ClF2NO3/c3*22-16-3-1-9-25-17(14-5-10-28-12-14)11-15(19(16)25)18(26)4-8-20(27)6-2-7-21(23,24)13-20;20-15-3-1-9-23-13(5-10-24)11-14(17(15)23)16(25)4-8-18(26)6-2-7-19(21,22)12-18/h3*1,3,9,11,14,27H,2,4-8,10,12-13H2;1,3,9,11,24,26H,2,4-8,10,12H2/t2*14?,20-;;/m10../s1. The first-order valence-corrected chi connectivity index (χ1v) is 39.6. The van der Waals surface area contributed by atoms with E-state index in [0.717, 1.165) is 42.0 Å². The van der Waals surface area contributed by atoms with Crippen molar-refractivity contribution in [2.45, 2.75) is 244 Å². The van der Waals surface area contributed by atoms with Crippen LogP contribution in [0.3, 0.4) is 0 Å². The van der Waals surface area contributed by atoms with Crippen LogP contribution in [0.1, 0.15) is 255 Å². The summed E-state index contributed by atoms with van der Waals surface area (Å²) < 4.78 is 133. The van der Waals surface area contributed by atoms with E-state index in [9.17, 15) is 79.8 Å². The van der Waals surface area contributed by atoms with Crippen LogP contribution >= 0.6 is 46.4 Å². The van der Waals surface area contributed by atoms with Crippen molar-refractivity contribution in [1.82, 2.24) is 17.6 Å². The molecule has 0 amide bonds. The number of hydrogen-bond donors (Lipinski definition) is 5. The highest BCUT2D eigenvalue weighted by atomic mass is 35.5. The Bertz CT molecular complexity index is 4290. The van der Waals surface area contributed by atoms with Crippen LogP contribution in [-0.2, 0) is 20.6 Å². The number of nitrogens with zero attached hydrogens (tertiary/aromatic N) is 4. The molecule has 0 radical (unpaired) electrons. The minimum absolute atomic E-state index is 0.00144. The number of Topliss-reactive ketones (excluding diaryl/α,β-unsaturated/α-hetero) is 4. The van der Waals surface area contributed by atoms with Gasteiger partial charge in [0.1, 0.15) is 0 Å². The molecule has 0 bridgehead atoms. The van der Waals surface area contributed by atoms with Gasteiger partial charge in [-0.1, -0.05) is 46.4 Å². The molecule has 8 aromatic rings. The molecule has 598 valence electrons. The largest absolute Gasteiger partial charge is 0.396 e. The fourth-order valence-electron chi connectivity index (χ4n) is 17.5. The van der Waals surface area contributed by atoms with Crippen molar-refractivity contribution in [3.8, 4) is 0 Å². The molecule has 7 aliphatic rings. The number of alkyl halides is 8. The summed E-state index contributed by atoms with van der Waals surface area (Å²) in [6.07, 6.45) is 9.60. The number of ketones is 4. The van der Waals surface area contributed by atoms with E-state index in [1.54, 1.807) is 47.0 Å². The first-order valence-electron chi connectivity index (χ1n) is 38.1. The van der Waals surface area contributed by atoms with Gasteiger partial charge >= 0.3 is 0 Å². The van der Waals surface area contributed by atoms with E-state index in [4.69, 9.17) is 60.6 Å².